The van der Waals surface area contributed by atoms with Gasteiger partial charge in [0.05, 0.1) is 32.8 Å². The summed E-state index contributed by atoms with van der Waals surface area (Å²) < 4.78 is 21.8. The number of unbranched alkanes of at least 4 members (excludes halogenated alkanes) is 6. The molecule has 2 atom stereocenters. The normalized spacial score (nSPS) is 12.4. The fourth-order valence-electron chi connectivity index (χ4n) is 4.74. The van der Waals surface area contributed by atoms with E-state index in [1.165, 1.54) is 32.8 Å². The number of fused-ring (bicyclic) bond motifs is 1. The Kier molecular flexibility index (Phi) is 12.1. The van der Waals surface area contributed by atoms with Gasteiger partial charge < -0.3 is 24.3 Å². The highest BCUT2D eigenvalue weighted by atomic mass is 16.5. The summed E-state index contributed by atoms with van der Waals surface area (Å²) in [7, 11) is 4.49. The summed E-state index contributed by atoms with van der Waals surface area (Å²) in [4.78, 5) is 29.6. The molecule has 3 aromatic rings. The molecule has 3 rings (SSSR count). The van der Waals surface area contributed by atoms with Crippen molar-refractivity contribution in [3.05, 3.63) is 54.2 Å². The van der Waals surface area contributed by atoms with Gasteiger partial charge in [-0.1, -0.05) is 64.0 Å². The smallest absolute Gasteiger partial charge is 0.328 e. The molecular weight excluding hydrogens is 508 g/mol. The number of amides is 1. The van der Waals surface area contributed by atoms with Crippen LogP contribution >= 0.6 is 0 Å². The highest BCUT2D eigenvalue weighted by Crippen LogP contribution is 2.37. The number of esters is 1. The monoisotopic (exact) mass is 550 g/mol. The van der Waals surface area contributed by atoms with Crippen molar-refractivity contribution in [3.8, 4) is 23.0 Å². The standard InChI is InChI=1S/C32H42N2O6/c1-6-7-8-9-10-11-12-13-25(31(35)34-22(2)32(36)39-5)23-14-16-24(17-15-23)40-28-18-19-33-27-21-30(38-4)29(37-3)20-26(27)28/h14-22,25H,6-13H2,1-5H3,(H,34,35). The highest BCUT2D eigenvalue weighted by Gasteiger charge is 2.24. The minimum atomic E-state index is -0.716. The largest absolute Gasteiger partial charge is 0.493 e. The third-order valence-electron chi connectivity index (χ3n) is 7.04. The first kappa shape index (κ1) is 30.7. The number of rotatable bonds is 16. The summed E-state index contributed by atoms with van der Waals surface area (Å²) in [6.07, 6.45) is 10.5. The number of hydrogen-bond donors (Lipinski definition) is 1. The second-order valence-electron chi connectivity index (χ2n) is 9.92. The number of nitrogens with zero attached hydrogens (tertiary/aromatic N) is 1. The van der Waals surface area contributed by atoms with Crippen LogP contribution < -0.4 is 19.5 Å². The van der Waals surface area contributed by atoms with E-state index in [9.17, 15) is 9.59 Å². The fourth-order valence-corrected chi connectivity index (χ4v) is 4.74. The lowest BCUT2D eigenvalue weighted by atomic mass is 9.91. The Morgan fingerprint density at radius 1 is 0.850 bits per heavy atom. The lowest BCUT2D eigenvalue weighted by Gasteiger charge is -2.20. The topological polar surface area (TPSA) is 96.0 Å². The molecule has 8 heteroatoms. The molecule has 0 bridgehead atoms. The minimum Gasteiger partial charge on any atom is -0.493 e. The van der Waals surface area contributed by atoms with E-state index in [0.717, 1.165) is 35.7 Å². The number of benzene rings is 2. The van der Waals surface area contributed by atoms with E-state index in [1.54, 1.807) is 33.4 Å². The predicted molar refractivity (Wildman–Crippen MR) is 156 cm³/mol. The second kappa shape index (κ2) is 15.7. The van der Waals surface area contributed by atoms with Gasteiger partial charge in [-0.25, -0.2) is 4.79 Å². The third kappa shape index (κ3) is 8.34. The van der Waals surface area contributed by atoms with E-state index in [4.69, 9.17) is 18.9 Å². The van der Waals surface area contributed by atoms with Crippen molar-refractivity contribution in [2.45, 2.75) is 77.2 Å². The van der Waals surface area contributed by atoms with E-state index in [2.05, 4.69) is 17.2 Å². The average molecular weight is 551 g/mol. The molecule has 8 nitrogen and oxygen atoms in total. The van der Waals surface area contributed by atoms with Gasteiger partial charge in [-0.05, 0) is 43.2 Å². The van der Waals surface area contributed by atoms with Crippen LogP contribution in [0.4, 0.5) is 0 Å². The van der Waals surface area contributed by atoms with Crippen molar-refractivity contribution in [1.82, 2.24) is 10.3 Å². The van der Waals surface area contributed by atoms with Gasteiger partial charge in [-0.2, -0.15) is 0 Å². The predicted octanol–water partition coefficient (Wildman–Crippen LogP) is 6.95. The van der Waals surface area contributed by atoms with Crippen molar-refractivity contribution in [2.24, 2.45) is 0 Å². The molecule has 1 aromatic heterocycles. The molecular formula is C32H42N2O6. The maximum absolute atomic E-state index is 13.2. The molecule has 0 aliphatic carbocycles. The van der Waals surface area contributed by atoms with E-state index in [1.807, 2.05) is 36.4 Å². The van der Waals surface area contributed by atoms with Gasteiger partial charge in [-0.15, -0.1) is 0 Å². The molecule has 0 saturated carbocycles. The Hall–Kier alpha value is -3.81. The molecule has 0 saturated heterocycles. The van der Waals surface area contributed by atoms with Crippen molar-refractivity contribution in [1.29, 1.82) is 0 Å². The van der Waals surface area contributed by atoms with E-state index < -0.39 is 12.0 Å². The van der Waals surface area contributed by atoms with Crippen LogP contribution in [-0.2, 0) is 14.3 Å². The number of aromatic nitrogens is 1. The fraction of sp³-hybridized carbons (Fsp3) is 0.469. The number of ether oxygens (including phenoxy) is 4. The van der Waals surface area contributed by atoms with Crippen molar-refractivity contribution >= 4 is 22.8 Å². The van der Waals surface area contributed by atoms with Gasteiger partial charge in [0.1, 0.15) is 17.5 Å². The van der Waals surface area contributed by atoms with Crippen molar-refractivity contribution in [2.75, 3.05) is 21.3 Å². The van der Waals surface area contributed by atoms with E-state index in [0.29, 0.717) is 29.4 Å². The Morgan fingerprint density at radius 3 is 2.15 bits per heavy atom. The number of carbonyl (C=O) groups excluding carboxylic acids is 2. The first-order valence-corrected chi connectivity index (χ1v) is 14.1. The molecule has 40 heavy (non-hydrogen) atoms. The molecule has 0 aliphatic rings. The summed E-state index contributed by atoms with van der Waals surface area (Å²) in [5.41, 5.74) is 1.59. The SMILES string of the molecule is CCCCCCCCCC(C(=O)NC(C)C(=O)OC)c1ccc(Oc2ccnc3cc(OC)c(OC)cc23)cc1. The number of pyridine rings is 1. The number of methoxy groups -OCH3 is 3. The molecule has 1 amide bonds. The van der Waals surface area contributed by atoms with Crippen LogP contribution in [0, 0.1) is 0 Å². The van der Waals surface area contributed by atoms with Crippen molar-refractivity contribution in [3.63, 3.8) is 0 Å². The van der Waals surface area contributed by atoms with Crippen molar-refractivity contribution < 1.29 is 28.5 Å². The van der Waals surface area contributed by atoms with Gasteiger partial charge in [0.2, 0.25) is 5.91 Å². The molecule has 216 valence electrons. The van der Waals surface area contributed by atoms with E-state index >= 15 is 0 Å². The number of carbonyl (C=O) groups is 2. The minimum absolute atomic E-state index is 0.182. The quantitative estimate of drug-likeness (QED) is 0.152. The zero-order chi connectivity index (χ0) is 28.9. The lowest BCUT2D eigenvalue weighted by Crippen LogP contribution is -2.41. The number of nitrogens with one attached hydrogen (secondary N) is 1. The van der Waals surface area contributed by atoms with Crippen LogP contribution in [0.2, 0.25) is 0 Å². The zero-order valence-corrected chi connectivity index (χ0v) is 24.3. The first-order valence-electron chi connectivity index (χ1n) is 14.1. The van der Waals surface area contributed by atoms with Crippen LogP contribution in [0.1, 0.15) is 76.7 Å². The Morgan fingerprint density at radius 2 is 1.50 bits per heavy atom. The maximum Gasteiger partial charge on any atom is 0.328 e. The Labute approximate surface area is 237 Å². The Bertz CT molecular complexity index is 1240. The van der Waals surface area contributed by atoms with Gasteiger partial charge in [-0.3, -0.25) is 9.78 Å². The highest BCUT2D eigenvalue weighted by molar-refractivity contribution is 5.89. The average Bonchev–Trinajstić information content (AvgIpc) is 2.98. The molecule has 0 fully saturated rings. The molecule has 0 spiro atoms. The summed E-state index contributed by atoms with van der Waals surface area (Å²) in [6, 6.07) is 12.3. The summed E-state index contributed by atoms with van der Waals surface area (Å²) in [6.45, 7) is 3.84. The summed E-state index contributed by atoms with van der Waals surface area (Å²) in [5, 5.41) is 3.61. The van der Waals surface area contributed by atoms with Crippen LogP contribution in [0.5, 0.6) is 23.0 Å². The van der Waals surface area contributed by atoms with Crippen LogP contribution in [-0.4, -0.2) is 44.2 Å². The van der Waals surface area contributed by atoms with Crippen LogP contribution in [0.15, 0.2) is 48.7 Å². The van der Waals surface area contributed by atoms with Crippen LogP contribution in [0.25, 0.3) is 10.9 Å². The summed E-state index contributed by atoms with van der Waals surface area (Å²) in [5.74, 6) is 1.41. The number of hydrogen-bond acceptors (Lipinski definition) is 7. The Balaban J connectivity index is 1.76. The third-order valence-corrected chi connectivity index (χ3v) is 7.04. The second-order valence-corrected chi connectivity index (χ2v) is 9.92. The maximum atomic E-state index is 13.2. The lowest BCUT2D eigenvalue weighted by molar-refractivity contribution is -0.144. The van der Waals surface area contributed by atoms with Gasteiger partial charge in [0, 0.05) is 17.6 Å². The zero-order valence-electron chi connectivity index (χ0n) is 24.3. The molecule has 0 radical (unpaired) electrons. The molecule has 2 unspecified atom stereocenters. The van der Waals surface area contributed by atoms with Crippen LogP contribution in [0.3, 0.4) is 0 Å². The van der Waals surface area contributed by atoms with E-state index in [-0.39, 0.29) is 11.8 Å². The van der Waals surface area contributed by atoms with Gasteiger partial charge >= 0.3 is 5.97 Å². The molecule has 0 aliphatic heterocycles. The molecule has 1 heterocycles. The van der Waals surface area contributed by atoms with Gasteiger partial charge in [0.15, 0.2) is 11.5 Å². The first-order chi connectivity index (χ1) is 19.4. The molecule has 2 aromatic carbocycles. The summed E-state index contributed by atoms with van der Waals surface area (Å²) >= 11 is 0. The molecule has 1 N–H and O–H groups in total. The van der Waals surface area contributed by atoms with Gasteiger partial charge in [0.25, 0.3) is 0 Å².